The number of ether oxygens (including phenoxy) is 1. The second-order valence-corrected chi connectivity index (χ2v) is 4.36. The van der Waals surface area contributed by atoms with Crippen molar-refractivity contribution in [1.29, 1.82) is 0 Å². The van der Waals surface area contributed by atoms with Crippen LogP contribution >= 0.6 is 0 Å². The molecule has 0 aromatic rings. The predicted octanol–water partition coefficient (Wildman–Crippen LogP) is 1.84. The molecule has 2 atom stereocenters. The number of aliphatic carboxylic acids is 2. The van der Waals surface area contributed by atoms with Crippen LogP contribution in [0.15, 0.2) is 12.2 Å². The van der Waals surface area contributed by atoms with Gasteiger partial charge in [-0.25, -0.2) is 4.79 Å². The first-order valence-electron chi connectivity index (χ1n) is 6.10. The lowest BCUT2D eigenvalue weighted by Crippen LogP contribution is -2.32. The first-order valence-corrected chi connectivity index (χ1v) is 6.10. The Morgan fingerprint density at radius 3 is 2.21 bits per heavy atom. The summed E-state index contributed by atoms with van der Waals surface area (Å²) in [5.74, 6) is -3.59. The summed E-state index contributed by atoms with van der Waals surface area (Å²) in [6.07, 6.45) is -0.134. The van der Waals surface area contributed by atoms with E-state index in [0.29, 0.717) is 6.42 Å². The number of hydrogen-bond donors (Lipinski definition) is 2. The summed E-state index contributed by atoms with van der Waals surface area (Å²) in [5.41, 5.74) is 0.202. The zero-order valence-electron chi connectivity index (χ0n) is 11.2. The van der Waals surface area contributed by atoms with Gasteiger partial charge >= 0.3 is 17.9 Å². The van der Waals surface area contributed by atoms with Gasteiger partial charge in [0.25, 0.3) is 0 Å². The van der Waals surface area contributed by atoms with Gasteiger partial charge in [-0.3, -0.25) is 9.59 Å². The number of esters is 1. The van der Waals surface area contributed by atoms with Gasteiger partial charge in [-0.05, 0) is 26.2 Å². The normalized spacial score (nSPS) is 13.4. The lowest BCUT2D eigenvalue weighted by atomic mass is 9.94. The molecule has 0 saturated carbocycles. The maximum Gasteiger partial charge on any atom is 0.333 e. The van der Waals surface area contributed by atoms with Gasteiger partial charge in [0.15, 0.2) is 0 Å². The Bertz CT molecular complexity index is 360. The minimum Gasteiger partial charge on any atom is -0.481 e. The molecule has 0 spiro atoms. The monoisotopic (exact) mass is 272 g/mol. The van der Waals surface area contributed by atoms with Crippen LogP contribution < -0.4 is 0 Å². The molecule has 0 amide bonds. The summed E-state index contributed by atoms with van der Waals surface area (Å²) in [6, 6.07) is 0. The standard InChI is InChI=1S/C13H20O6/c1-4-10(19-13(18)8(2)3)9(12(16)17)6-5-7-11(14)15/h9-10H,2,4-7H2,1,3H3,(H,14,15)(H,16,17). The van der Waals surface area contributed by atoms with Crippen LogP contribution in [-0.4, -0.2) is 34.2 Å². The topological polar surface area (TPSA) is 101 Å². The van der Waals surface area contributed by atoms with E-state index in [-0.39, 0.29) is 24.8 Å². The van der Waals surface area contributed by atoms with E-state index in [1.165, 1.54) is 6.92 Å². The Labute approximate surface area is 112 Å². The highest BCUT2D eigenvalue weighted by atomic mass is 16.5. The molecule has 0 aromatic heterocycles. The van der Waals surface area contributed by atoms with E-state index in [1.807, 2.05) is 0 Å². The maximum atomic E-state index is 11.4. The minimum atomic E-state index is -1.09. The molecule has 0 aliphatic heterocycles. The van der Waals surface area contributed by atoms with Gasteiger partial charge in [0.2, 0.25) is 0 Å². The Kier molecular flexibility index (Phi) is 7.48. The van der Waals surface area contributed by atoms with Crippen LogP contribution in [0.3, 0.4) is 0 Å². The van der Waals surface area contributed by atoms with E-state index < -0.39 is 29.9 Å². The second-order valence-electron chi connectivity index (χ2n) is 4.36. The molecule has 0 aromatic carbocycles. The minimum absolute atomic E-state index is 0.103. The van der Waals surface area contributed by atoms with E-state index in [0.717, 1.165) is 0 Å². The third-order valence-electron chi connectivity index (χ3n) is 2.68. The van der Waals surface area contributed by atoms with Crippen molar-refractivity contribution in [3.05, 3.63) is 12.2 Å². The van der Waals surface area contributed by atoms with Crippen molar-refractivity contribution in [3.63, 3.8) is 0 Å². The quantitative estimate of drug-likeness (QED) is 0.490. The highest BCUT2D eigenvalue weighted by molar-refractivity contribution is 5.87. The number of hydrogen-bond acceptors (Lipinski definition) is 4. The molecule has 2 unspecified atom stereocenters. The van der Waals surface area contributed by atoms with Crippen molar-refractivity contribution >= 4 is 17.9 Å². The average molecular weight is 272 g/mol. The SMILES string of the molecule is C=C(C)C(=O)OC(CC)C(CCCC(=O)O)C(=O)O. The molecular formula is C13H20O6. The van der Waals surface area contributed by atoms with Gasteiger partial charge in [-0.2, -0.15) is 0 Å². The fourth-order valence-corrected chi connectivity index (χ4v) is 1.63. The first-order chi connectivity index (χ1) is 8.79. The van der Waals surface area contributed by atoms with Crippen LogP contribution in [0.1, 0.15) is 39.5 Å². The molecule has 0 saturated heterocycles. The maximum absolute atomic E-state index is 11.4. The fraction of sp³-hybridized carbons (Fsp3) is 0.615. The van der Waals surface area contributed by atoms with Gasteiger partial charge in [0.05, 0.1) is 5.92 Å². The van der Waals surface area contributed by atoms with Gasteiger partial charge in [-0.15, -0.1) is 0 Å². The van der Waals surface area contributed by atoms with E-state index in [1.54, 1.807) is 6.92 Å². The zero-order valence-corrected chi connectivity index (χ0v) is 11.2. The highest BCUT2D eigenvalue weighted by Crippen LogP contribution is 2.20. The zero-order chi connectivity index (χ0) is 15.0. The largest absolute Gasteiger partial charge is 0.481 e. The van der Waals surface area contributed by atoms with Crippen LogP contribution in [0.25, 0.3) is 0 Å². The molecule has 0 fully saturated rings. The van der Waals surface area contributed by atoms with Crippen molar-refractivity contribution in [1.82, 2.24) is 0 Å². The molecule has 0 bridgehead atoms. The number of rotatable bonds is 9. The first kappa shape index (κ1) is 17.2. The molecule has 19 heavy (non-hydrogen) atoms. The Morgan fingerprint density at radius 2 is 1.84 bits per heavy atom. The molecule has 2 N–H and O–H groups in total. The number of carboxylic acids is 2. The van der Waals surface area contributed by atoms with Gasteiger partial charge in [0, 0.05) is 12.0 Å². The third kappa shape index (κ3) is 6.59. The second kappa shape index (κ2) is 8.29. The van der Waals surface area contributed by atoms with Crippen molar-refractivity contribution in [2.24, 2.45) is 5.92 Å². The lowest BCUT2D eigenvalue weighted by molar-refractivity contribution is -0.156. The Hall–Kier alpha value is -1.85. The number of carbonyl (C=O) groups is 3. The smallest absolute Gasteiger partial charge is 0.333 e. The van der Waals surface area contributed by atoms with Crippen molar-refractivity contribution in [2.45, 2.75) is 45.6 Å². The summed E-state index contributed by atoms with van der Waals surface area (Å²) >= 11 is 0. The average Bonchev–Trinajstić information content (AvgIpc) is 2.31. The summed E-state index contributed by atoms with van der Waals surface area (Å²) in [4.78, 5) is 33.0. The summed E-state index contributed by atoms with van der Waals surface area (Å²) in [5, 5.41) is 17.7. The van der Waals surface area contributed by atoms with Crippen molar-refractivity contribution in [3.8, 4) is 0 Å². The van der Waals surface area contributed by atoms with Crippen LogP contribution in [0.2, 0.25) is 0 Å². The van der Waals surface area contributed by atoms with E-state index in [9.17, 15) is 14.4 Å². The number of carbonyl (C=O) groups excluding carboxylic acids is 1. The third-order valence-corrected chi connectivity index (χ3v) is 2.68. The highest BCUT2D eigenvalue weighted by Gasteiger charge is 2.29. The Morgan fingerprint density at radius 1 is 1.26 bits per heavy atom. The molecule has 6 nitrogen and oxygen atoms in total. The van der Waals surface area contributed by atoms with Gasteiger partial charge < -0.3 is 14.9 Å². The van der Waals surface area contributed by atoms with E-state index in [2.05, 4.69) is 6.58 Å². The van der Waals surface area contributed by atoms with Crippen molar-refractivity contribution < 1.29 is 29.3 Å². The molecule has 0 aliphatic rings. The van der Waals surface area contributed by atoms with Gasteiger partial charge in [0.1, 0.15) is 6.10 Å². The van der Waals surface area contributed by atoms with Crippen LogP contribution in [0.5, 0.6) is 0 Å². The molecule has 0 radical (unpaired) electrons. The molecule has 0 heterocycles. The molecule has 108 valence electrons. The van der Waals surface area contributed by atoms with Crippen LogP contribution in [-0.2, 0) is 19.1 Å². The van der Waals surface area contributed by atoms with Crippen LogP contribution in [0.4, 0.5) is 0 Å². The lowest BCUT2D eigenvalue weighted by Gasteiger charge is -2.23. The molecule has 6 heteroatoms. The van der Waals surface area contributed by atoms with E-state index in [4.69, 9.17) is 14.9 Å². The summed E-state index contributed by atoms with van der Waals surface area (Å²) < 4.78 is 5.08. The summed E-state index contributed by atoms with van der Waals surface area (Å²) in [6.45, 7) is 6.63. The van der Waals surface area contributed by atoms with Gasteiger partial charge in [-0.1, -0.05) is 13.5 Å². The predicted molar refractivity (Wildman–Crippen MR) is 67.6 cm³/mol. The number of carboxylic acid groups (broad SMARTS) is 2. The van der Waals surface area contributed by atoms with Crippen molar-refractivity contribution in [2.75, 3.05) is 0 Å². The van der Waals surface area contributed by atoms with Crippen LogP contribution in [0, 0.1) is 5.92 Å². The molecular weight excluding hydrogens is 252 g/mol. The Balaban J connectivity index is 4.62. The molecule has 0 aliphatic carbocycles. The summed E-state index contributed by atoms with van der Waals surface area (Å²) in [7, 11) is 0. The van der Waals surface area contributed by atoms with E-state index >= 15 is 0 Å². The fourth-order valence-electron chi connectivity index (χ4n) is 1.63. The molecule has 0 rings (SSSR count).